The second-order valence-electron chi connectivity index (χ2n) is 6.49. The fourth-order valence-corrected chi connectivity index (χ4v) is 4.21. The first-order valence-electron chi connectivity index (χ1n) is 7.96. The van der Waals surface area contributed by atoms with Gasteiger partial charge in [-0.15, -0.1) is 0 Å². The lowest BCUT2D eigenvalue weighted by Gasteiger charge is -2.19. The first-order chi connectivity index (χ1) is 10.7. The van der Waals surface area contributed by atoms with Gasteiger partial charge in [-0.1, -0.05) is 67.9 Å². The minimum Gasteiger partial charge on any atom is -0.0837 e. The van der Waals surface area contributed by atoms with Crippen molar-refractivity contribution in [1.82, 2.24) is 0 Å². The molecule has 2 aliphatic carbocycles. The number of fused-ring (bicyclic) bond motifs is 3. The molecule has 0 bridgehead atoms. The van der Waals surface area contributed by atoms with Gasteiger partial charge in [0.1, 0.15) is 0 Å². The highest BCUT2D eigenvalue weighted by Gasteiger charge is 2.26. The lowest BCUT2D eigenvalue weighted by molar-refractivity contribution is 0.860. The van der Waals surface area contributed by atoms with Crippen molar-refractivity contribution in [2.45, 2.75) is 32.6 Å². The van der Waals surface area contributed by atoms with Crippen molar-refractivity contribution in [3.8, 4) is 11.1 Å². The lowest BCUT2D eigenvalue weighted by Crippen LogP contribution is -2.00. The third kappa shape index (κ3) is 1.98. The number of halogens is 1. The molecular weight excluding hydrogens is 288 g/mol. The van der Waals surface area contributed by atoms with Gasteiger partial charge in [0, 0.05) is 11.4 Å². The topological polar surface area (TPSA) is 0 Å². The molecule has 0 saturated carbocycles. The first kappa shape index (κ1) is 13.8. The Kier molecular flexibility index (Phi) is 3.23. The summed E-state index contributed by atoms with van der Waals surface area (Å²) in [6, 6.07) is 11.1. The van der Waals surface area contributed by atoms with Gasteiger partial charge in [-0.05, 0) is 57.4 Å². The normalized spacial score (nSPS) is 15.2. The van der Waals surface area contributed by atoms with Gasteiger partial charge in [0.25, 0.3) is 0 Å². The maximum absolute atomic E-state index is 6.88. The summed E-state index contributed by atoms with van der Waals surface area (Å²) >= 11 is 6.88. The van der Waals surface area contributed by atoms with Crippen molar-refractivity contribution in [3.05, 3.63) is 75.8 Å². The van der Waals surface area contributed by atoms with Crippen LogP contribution >= 0.6 is 11.6 Å². The van der Waals surface area contributed by atoms with E-state index in [-0.39, 0.29) is 0 Å². The molecular formula is C21H19Cl. The van der Waals surface area contributed by atoms with Crippen LogP contribution in [-0.4, -0.2) is 0 Å². The molecule has 0 heterocycles. The number of allylic oxidation sites excluding steroid dienone is 4. The minimum absolute atomic E-state index is 0.429. The second kappa shape index (κ2) is 5.14. The molecule has 2 aliphatic rings. The molecule has 0 fully saturated rings. The summed E-state index contributed by atoms with van der Waals surface area (Å²) < 4.78 is 0. The minimum atomic E-state index is 0.429. The molecule has 0 aliphatic heterocycles. The Morgan fingerprint density at radius 3 is 2.59 bits per heavy atom. The van der Waals surface area contributed by atoms with Gasteiger partial charge in [-0.2, -0.15) is 0 Å². The lowest BCUT2D eigenvalue weighted by atomic mass is 9.87. The molecule has 0 atom stereocenters. The van der Waals surface area contributed by atoms with Gasteiger partial charge in [-0.25, -0.2) is 0 Å². The molecule has 1 heteroatoms. The van der Waals surface area contributed by atoms with Gasteiger partial charge in [-0.3, -0.25) is 0 Å². The SMILES string of the molecule is CC(C)c1c(C2=CC=CC2)cc2c(c1Cl)Cc1ccccc1-2. The average molecular weight is 307 g/mol. The first-order valence-corrected chi connectivity index (χ1v) is 8.34. The third-order valence-corrected chi connectivity index (χ3v) is 5.21. The van der Waals surface area contributed by atoms with E-state index in [1.54, 1.807) is 0 Å². The Morgan fingerprint density at radius 1 is 1.05 bits per heavy atom. The second-order valence-corrected chi connectivity index (χ2v) is 6.87. The van der Waals surface area contributed by atoms with Crippen LogP contribution < -0.4 is 0 Å². The van der Waals surface area contributed by atoms with Crippen molar-refractivity contribution in [2.24, 2.45) is 0 Å². The van der Waals surface area contributed by atoms with Crippen LogP contribution in [0, 0.1) is 0 Å². The fourth-order valence-electron chi connectivity index (χ4n) is 3.73. The summed E-state index contributed by atoms with van der Waals surface area (Å²) in [4.78, 5) is 0. The van der Waals surface area contributed by atoms with Gasteiger partial charge in [0.05, 0.1) is 0 Å². The van der Waals surface area contributed by atoms with Gasteiger partial charge in [0.2, 0.25) is 0 Å². The zero-order valence-electron chi connectivity index (χ0n) is 13.0. The number of hydrogen-bond donors (Lipinski definition) is 0. The Balaban J connectivity index is 1.99. The summed E-state index contributed by atoms with van der Waals surface area (Å²) in [5.41, 5.74) is 9.41. The van der Waals surface area contributed by atoms with Crippen LogP contribution in [0.2, 0.25) is 5.02 Å². The molecule has 0 spiro atoms. The highest BCUT2D eigenvalue weighted by Crippen LogP contribution is 2.46. The van der Waals surface area contributed by atoms with Crippen molar-refractivity contribution < 1.29 is 0 Å². The standard InChI is InChI=1S/C21H19Cl/c1-13(2)20-17(14-7-3-4-8-14)12-18-16-10-6-5-9-15(16)11-19(18)21(20)22/h3-7,9-10,12-13H,8,11H2,1-2H3. The Morgan fingerprint density at radius 2 is 1.86 bits per heavy atom. The van der Waals surface area contributed by atoms with Gasteiger partial charge in [0.15, 0.2) is 0 Å². The van der Waals surface area contributed by atoms with Crippen molar-refractivity contribution >= 4 is 17.2 Å². The van der Waals surface area contributed by atoms with Crippen LogP contribution in [0.3, 0.4) is 0 Å². The van der Waals surface area contributed by atoms with E-state index in [9.17, 15) is 0 Å². The van der Waals surface area contributed by atoms with Crippen LogP contribution in [0.5, 0.6) is 0 Å². The molecule has 0 aromatic heterocycles. The van der Waals surface area contributed by atoms with E-state index in [4.69, 9.17) is 11.6 Å². The molecule has 0 amide bonds. The molecule has 2 aromatic carbocycles. The summed E-state index contributed by atoms with van der Waals surface area (Å²) in [6.45, 7) is 4.48. The van der Waals surface area contributed by atoms with E-state index in [1.165, 1.54) is 39.0 Å². The molecule has 0 N–H and O–H groups in total. The van der Waals surface area contributed by atoms with Crippen LogP contribution in [0.1, 0.15) is 48.4 Å². The highest BCUT2D eigenvalue weighted by molar-refractivity contribution is 6.33. The summed E-state index contributed by atoms with van der Waals surface area (Å²) in [7, 11) is 0. The predicted octanol–water partition coefficient (Wildman–Crippen LogP) is 6.38. The Bertz CT molecular complexity index is 822. The number of benzene rings is 2. The Hall–Kier alpha value is -1.79. The molecule has 0 saturated heterocycles. The van der Waals surface area contributed by atoms with E-state index in [1.807, 2.05) is 0 Å². The Labute approximate surface area is 137 Å². The molecule has 22 heavy (non-hydrogen) atoms. The molecule has 0 unspecified atom stereocenters. The number of rotatable bonds is 2. The summed E-state index contributed by atoms with van der Waals surface area (Å²) in [5, 5.41) is 0.978. The van der Waals surface area contributed by atoms with Crippen molar-refractivity contribution in [1.29, 1.82) is 0 Å². The fraction of sp³-hybridized carbons (Fsp3) is 0.238. The molecule has 110 valence electrons. The highest BCUT2D eigenvalue weighted by atomic mass is 35.5. The van der Waals surface area contributed by atoms with Crippen molar-refractivity contribution in [2.75, 3.05) is 0 Å². The quantitative estimate of drug-likeness (QED) is 0.515. The van der Waals surface area contributed by atoms with E-state index in [0.717, 1.165) is 17.9 Å². The van der Waals surface area contributed by atoms with E-state index in [0.29, 0.717) is 5.92 Å². The van der Waals surface area contributed by atoms with Crippen LogP contribution in [0.15, 0.2) is 48.6 Å². The van der Waals surface area contributed by atoms with E-state index >= 15 is 0 Å². The smallest absolute Gasteiger partial charge is 0.0488 e. The van der Waals surface area contributed by atoms with E-state index < -0.39 is 0 Å². The van der Waals surface area contributed by atoms with Crippen LogP contribution in [0.25, 0.3) is 16.7 Å². The van der Waals surface area contributed by atoms with E-state index in [2.05, 4.69) is 62.4 Å². The summed E-state index contributed by atoms with van der Waals surface area (Å²) in [6.07, 6.45) is 8.56. The third-order valence-electron chi connectivity index (χ3n) is 4.77. The molecule has 0 radical (unpaired) electrons. The molecule has 0 nitrogen and oxygen atoms in total. The maximum Gasteiger partial charge on any atom is 0.0488 e. The monoisotopic (exact) mass is 306 g/mol. The molecule has 4 rings (SSSR count). The number of hydrogen-bond acceptors (Lipinski definition) is 0. The average Bonchev–Trinajstić information content (AvgIpc) is 3.14. The molecule has 2 aromatic rings. The predicted molar refractivity (Wildman–Crippen MR) is 95.5 cm³/mol. The van der Waals surface area contributed by atoms with Gasteiger partial charge >= 0.3 is 0 Å². The van der Waals surface area contributed by atoms with Crippen molar-refractivity contribution in [3.63, 3.8) is 0 Å². The van der Waals surface area contributed by atoms with Crippen LogP contribution in [-0.2, 0) is 6.42 Å². The largest absolute Gasteiger partial charge is 0.0837 e. The van der Waals surface area contributed by atoms with Gasteiger partial charge < -0.3 is 0 Å². The summed E-state index contributed by atoms with van der Waals surface area (Å²) in [5.74, 6) is 0.429. The zero-order chi connectivity index (χ0) is 15.3. The zero-order valence-corrected chi connectivity index (χ0v) is 13.7. The maximum atomic E-state index is 6.88. The van der Waals surface area contributed by atoms with Crippen LogP contribution in [0.4, 0.5) is 0 Å².